The SMILES string of the molecule is CCSCCn1ccnc1-c1cncc(Br)c1. The van der Waals surface area contributed by atoms with Gasteiger partial charge in [-0.05, 0) is 27.7 Å². The lowest BCUT2D eigenvalue weighted by Crippen LogP contribution is -2.02. The number of thioether (sulfide) groups is 1. The zero-order valence-electron chi connectivity index (χ0n) is 9.64. The summed E-state index contributed by atoms with van der Waals surface area (Å²) < 4.78 is 3.15. The molecule has 2 aromatic rings. The summed E-state index contributed by atoms with van der Waals surface area (Å²) in [5, 5.41) is 0. The van der Waals surface area contributed by atoms with Crippen LogP contribution in [0.5, 0.6) is 0 Å². The van der Waals surface area contributed by atoms with Gasteiger partial charge in [-0.1, -0.05) is 6.92 Å². The van der Waals surface area contributed by atoms with Crippen molar-refractivity contribution in [2.24, 2.45) is 0 Å². The average Bonchev–Trinajstić information content (AvgIpc) is 2.78. The highest BCUT2D eigenvalue weighted by Gasteiger charge is 2.06. The molecule has 0 spiro atoms. The van der Waals surface area contributed by atoms with E-state index in [1.165, 1.54) is 0 Å². The van der Waals surface area contributed by atoms with E-state index in [9.17, 15) is 0 Å². The van der Waals surface area contributed by atoms with Gasteiger partial charge in [0, 0.05) is 47.1 Å². The average molecular weight is 312 g/mol. The van der Waals surface area contributed by atoms with Crippen molar-refractivity contribution < 1.29 is 0 Å². The van der Waals surface area contributed by atoms with Crippen LogP contribution in [0.15, 0.2) is 35.3 Å². The van der Waals surface area contributed by atoms with E-state index in [4.69, 9.17) is 0 Å². The van der Waals surface area contributed by atoms with Crippen LogP contribution in [0, 0.1) is 0 Å². The molecule has 90 valence electrons. The fourth-order valence-electron chi connectivity index (χ4n) is 1.59. The molecule has 2 heterocycles. The van der Waals surface area contributed by atoms with Crippen molar-refractivity contribution in [1.29, 1.82) is 0 Å². The Balaban J connectivity index is 2.18. The maximum absolute atomic E-state index is 4.40. The van der Waals surface area contributed by atoms with Crippen molar-refractivity contribution in [3.63, 3.8) is 0 Å². The lowest BCUT2D eigenvalue weighted by Gasteiger charge is -2.07. The highest BCUT2D eigenvalue weighted by Crippen LogP contribution is 2.20. The summed E-state index contributed by atoms with van der Waals surface area (Å²) in [4.78, 5) is 8.57. The summed E-state index contributed by atoms with van der Waals surface area (Å²) in [6.07, 6.45) is 7.49. The van der Waals surface area contributed by atoms with Crippen molar-refractivity contribution in [2.75, 3.05) is 11.5 Å². The van der Waals surface area contributed by atoms with Gasteiger partial charge in [0.15, 0.2) is 0 Å². The first-order valence-corrected chi connectivity index (χ1v) is 7.46. The van der Waals surface area contributed by atoms with Crippen LogP contribution in [0.3, 0.4) is 0 Å². The summed E-state index contributed by atoms with van der Waals surface area (Å²) in [5.41, 5.74) is 1.05. The number of rotatable bonds is 5. The summed E-state index contributed by atoms with van der Waals surface area (Å²) in [5.74, 6) is 3.25. The molecule has 0 N–H and O–H groups in total. The molecule has 0 saturated carbocycles. The van der Waals surface area contributed by atoms with Gasteiger partial charge in [0.25, 0.3) is 0 Å². The van der Waals surface area contributed by atoms with E-state index in [0.29, 0.717) is 0 Å². The van der Waals surface area contributed by atoms with Crippen LogP contribution >= 0.6 is 27.7 Å². The molecule has 2 aromatic heterocycles. The zero-order chi connectivity index (χ0) is 12.1. The van der Waals surface area contributed by atoms with Crippen LogP contribution in [0.4, 0.5) is 0 Å². The molecule has 5 heteroatoms. The lowest BCUT2D eigenvalue weighted by molar-refractivity contribution is 0.779. The molecule has 0 aliphatic rings. The Labute approximate surface area is 114 Å². The van der Waals surface area contributed by atoms with Crippen LogP contribution in [0.1, 0.15) is 6.92 Å². The summed E-state index contributed by atoms with van der Waals surface area (Å²) >= 11 is 5.37. The summed E-state index contributed by atoms with van der Waals surface area (Å²) in [7, 11) is 0. The smallest absolute Gasteiger partial charge is 0.141 e. The topological polar surface area (TPSA) is 30.7 Å². The number of aromatic nitrogens is 3. The van der Waals surface area contributed by atoms with E-state index >= 15 is 0 Å². The molecule has 2 rings (SSSR count). The highest BCUT2D eigenvalue weighted by atomic mass is 79.9. The Bertz CT molecular complexity index is 484. The number of pyridine rings is 1. The Morgan fingerprint density at radius 1 is 1.41 bits per heavy atom. The third kappa shape index (κ3) is 3.33. The number of aryl methyl sites for hydroxylation is 1. The van der Waals surface area contributed by atoms with Gasteiger partial charge in [-0.25, -0.2) is 4.98 Å². The maximum Gasteiger partial charge on any atom is 0.141 e. The number of hydrogen-bond acceptors (Lipinski definition) is 3. The van der Waals surface area contributed by atoms with Crippen LogP contribution in [0.25, 0.3) is 11.4 Å². The van der Waals surface area contributed by atoms with Crippen LogP contribution in [-0.4, -0.2) is 26.0 Å². The number of imidazole rings is 1. The van der Waals surface area contributed by atoms with Gasteiger partial charge >= 0.3 is 0 Å². The molecule has 0 unspecified atom stereocenters. The standard InChI is InChI=1S/C12H14BrN3S/c1-2-17-6-5-16-4-3-15-12(16)10-7-11(13)9-14-8-10/h3-4,7-9H,2,5-6H2,1H3. The first-order valence-electron chi connectivity index (χ1n) is 5.51. The minimum Gasteiger partial charge on any atom is -0.330 e. The third-order valence-electron chi connectivity index (χ3n) is 2.36. The van der Waals surface area contributed by atoms with Gasteiger partial charge in [0.05, 0.1) is 0 Å². The van der Waals surface area contributed by atoms with Crippen molar-refractivity contribution in [2.45, 2.75) is 13.5 Å². The zero-order valence-corrected chi connectivity index (χ0v) is 12.0. The fraction of sp³-hybridized carbons (Fsp3) is 0.333. The van der Waals surface area contributed by atoms with Gasteiger partial charge < -0.3 is 4.57 Å². The molecule has 0 aromatic carbocycles. The lowest BCUT2D eigenvalue weighted by atomic mass is 10.3. The normalized spacial score (nSPS) is 10.7. The predicted molar refractivity (Wildman–Crippen MR) is 76.2 cm³/mol. The van der Waals surface area contributed by atoms with Gasteiger partial charge in [-0.3, -0.25) is 4.98 Å². The molecule has 3 nitrogen and oxygen atoms in total. The Morgan fingerprint density at radius 3 is 3.06 bits per heavy atom. The highest BCUT2D eigenvalue weighted by molar-refractivity contribution is 9.10. The van der Waals surface area contributed by atoms with E-state index in [1.54, 1.807) is 6.20 Å². The molecule has 0 aliphatic carbocycles. The van der Waals surface area contributed by atoms with Gasteiger partial charge in [0.2, 0.25) is 0 Å². The molecular formula is C12H14BrN3S. The second kappa shape index (κ2) is 6.21. The largest absolute Gasteiger partial charge is 0.330 e. The molecule has 0 bridgehead atoms. The van der Waals surface area contributed by atoms with Crippen molar-refractivity contribution in [3.05, 3.63) is 35.3 Å². The molecule has 17 heavy (non-hydrogen) atoms. The Morgan fingerprint density at radius 2 is 2.29 bits per heavy atom. The second-order valence-corrected chi connectivity index (χ2v) is 5.84. The van der Waals surface area contributed by atoms with Crippen molar-refractivity contribution in [1.82, 2.24) is 14.5 Å². The molecule has 0 saturated heterocycles. The summed E-state index contributed by atoms with van der Waals surface area (Å²) in [6, 6.07) is 2.04. The third-order valence-corrected chi connectivity index (χ3v) is 3.67. The van der Waals surface area contributed by atoms with Crippen LogP contribution < -0.4 is 0 Å². The number of hydrogen-bond donors (Lipinski definition) is 0. The van der Waals surface area contributed by atoms with Gasteiger partial charge in [0.1, 0.15) is 5.82 Å². The molecule has 0 atom stereocenters. The van der Waals surface area contributed by atoms with Crippen molar-refractivity contribution in [3.8, 4) is 11.4 Å². The van der Waals surface area contributed by atoms with Gasteiger partial charge in [-0.2, -0.15) is 11.8 Å². The van der Waals surface area contributed by atoms with E-state index in [0.717, 1.165) is 33.9 Å². The van der Waals surface area contributed by atoms with E-state index in [2.05, 4.69) is 37.4 Å². The molecular weight excluding hydrogens is 298 g/mol. The van der Waals surface area contributed by atoms with E-state index < -0.39 is 0 Å². The van der Waals surface area contributed by atoms with Crippen LogP contribution in [-0.2, 0) is 6.54 Å². The number of halogens is 1. The van der Waals surface area contributed by atoms with E-state index in [1.807, 2.05) is 36.4 Å². The monoisotopic (exact) mass is 311 g/mol. The van der Waals surface area contributed by atoms with Crippen molar-refractivity contribution >= 4 is 27.7 Å². The minimum absolute atomic E-state index is 0.979. The quantitative estimate of drug-likeness (QED) is 0.792. The Kier molecular flexibility index (Phi) is 4.62. The molecule has 0 radical (unpaired) electrons. The minimum atomic E-state index is 0.979. The molecule has 0 amide bonds. The number of nitrogens with zero attached hydrogens (tertiary/aromatic N) is 3. The summed E-state index contributed by atoms with van der Waals surface area (Å²) in [6.45, 7) is 3.16. The fourth-order valence-corrected chi connectivity index (χ4v) is 2.57. The first-order chi connectivity index (χ1) is 8.31. The molecule has 0 aliphatic heterocycles. The van der Waals surface area contributed by atoms with Crippen LogP contribution in [0.2, 0.25) is 0 Å². The van der Waals surface area contributed by atoms with Gasteiger partial charge in [-0.15, -0.1) is 0 Å². The Hall–Kier alpha value is -0.810. The maximum atomic E-state index is 4.40. The molecule has 0 fully saturated rings. The van der Waals surface area contributed by atoms with E-state index in [-0.39, 0.29) is 0 Å². The predicted octanol–water partition coefficient (Wildman–Crippen LogP) is 3.46. The first kappa shape index (κ1) is 12.6. The second-order valence-electron chi connectivity index (χ2n) is 3.53.